The first-order valence-electron chi connectivity index (χ1n) is 19.4. The Morgan fingerprint density at radius 1 is 1.11 bits per heavy atom. The average Bonchev–Trinajstić information content (AvgIpc) is 3.91. The second kappa shape index (κ2) is 21.7. The number of likely N-dealkylation sites (tertiary alicyclic amines) is 1. The molecule has 0 saturated carbocycles. The molecule has 18 heteroatoms. The van der Waals surface area contributed by atoms with E-state index in [-0.39, 0.29) is 24.2 Å². The molecule has 0 unspecified atom stereocenters. The van der Waals surface area contributed by atoms with Crippen molar-refractivity contribution < 1.29 is 28.7 Å². The fraction of sp³-hybridized carbons (Fsp3) is 0.711. The number of nitrogens with one attached hydrogen (secondary N) is 4. The van der Waals surface area contributed by atoms with Crippen LogP contribution in [0.4, 0.5) is 0 Å². The van der Waals surface area contributed by atoms with E-state index in [2.05, 4.69) is 51.5 Å². The lowest BCUT2D eigenvalue weighted by molar-refractivity contribution is -0.198. The Labute approximate surface area is 330 Å². The van der Waals surface area contributed by atoms with E-state index >= 15 is 4.79 Å². The van der Waals surface area contributed by atoms with E-state index in [0.29, 0.717) is 38.1 Å². The minimum absolute atomic E-state index is 0.0562. The first kappa shape index (κ1) is 45.9. The minimum atomic E-state index is -1.30. The Morgan fingerprint density at radius 2 is 1.80 bits per heavy atom. The molecule has 1 aliphatic heterocycles. The molecule has 10 atom stereocenters. The number of carbonyl (C=O) groups is 4. The third-order valence-corrected chi connectivity index (χ3v) is 11.4. The number of aromatic nitrogens is 4. The maximum Gasteiger partial charge on any atom is 0.246 e. The predicted molar refractivity (Wildman–Crippen MR) is 210 cm³/mol. The lowest BCUT2D eigenvalue weighted by atomic mass is 9.80. The number of H-pyrrole nitrogens is 1. The zero-order valence-electron chi connectivity index (χ0n) is 34.5. The third kappa shape index (κ3) is 10.3. The van der Waals surface area contributed by atoms with Crippen molar-refractivity contribution in [3.63, 3.8) is 0 Å². The number of aromatic amines is 1. The molecule has 310 valence electrons. The van der Waals surface area contributed by atoms with Gasteiger partial charge in [0.2, 0.25) is 17.7 Å². The summed E-state index contributed by atoms with van der Waals surface area (Å²) in [6.45, 7) is 11.6. The van der Waals surface area contributed by atoms with Crippen LogP contribution < -0.4 is 16.0 Å². The van der Waals surface area contributed by atoms with E-state index in [4.69, 9.17) is 9.47 Å². The molecular formula is C38H62N12O6. The van der Waals surface area contributed by atoms with E-state index < -0.39 is 65.8 Å². The number of hydrogen-bond acceptors (Lipinski definition) is 12. The van der Waals surface area contributed by atoms with Gasteiger partial charge >= 0.3 is 0 Å². The molecule has 4 N–H and O–H groups in total. The van der Waals surface area contributed by atoms with Crippen LogP contribution in [-0.2, 0) is 35.1 Å². The first-order chi connectivity index (χ1) is 26.8. The van der Waals surface area contributed by atoms with Crippen LogP contribution in [0.1, 0.15) is 84.7 Å². The van der Waals surface area contributed by atoms with Crippen LogP contribution in [0.5, 0.6) is 0 Å². The fourth-order valence-electron chi connectivity index (χ4n) is 8.39. The molecule has 1 saturated heterocycles. The summed E-state index contributed by atoms with van der Waals surface area (Å²) in [4.78, 5) is 61.9. The van der Waals surface area contributed by atoms with Gasteiger partial charge in [0.15, 0.2) is 5.82 Å². The normalized spacial score (nSPS) is 19.9. The van der Waals surface area contributed by atoms with Crippen LogP contribution in [0, 0.1) is 17.8 Å². The number of nitrogens with zero attached hydrogens (tertiary/aromatic N) is 8. The van der Waals surface area contributed by atoms with Crippen LogP contribution in [0.2, 0.25) is 0 Å². The molecule has 1 aliphatic rings. The molecule has 3 rings (SSSR count). The number of ether oxygens (including phenoxy) is 2. The highest BCUT2D eigenvalue weighted by atomic mass is 16.5. The minimum Gasteiger partial charge on any atom is -0.379 e. The monoisotopic (exact) mass is 782 g/mol. The number of azide groups is 1. The van der Waals surface area contributed by atoms with Gasteiger partial charge in [0, 0.05) is 51.6 Å². The smallest absolute Gasteiger partial charge is 0.246 e. The van der Waals surface area contributed by atoms with Crippen molar-refractivity contribution in [2.45, 2.75) is 122 Å². The summed E-state index contributed by atoms with van der Waals surface area (Å²) >= 11 is 0. The average molecular weight is 783 g/mol. The van der Waals surface area contributed by atoms with Crippen molar-refractivity contribution in [2.24, 2.45) is 22.9 Å². The Hall–Kier alpha value is -4.48. The van der Waals surface area contributed by atoms with Crippen LogP contribution in [-0.4, -0.2) is 131 Å². The van der Waals surface area contributed by atoms with Gasteiger partial charge < -0.3 is 35.1 Å². The molecule has 2 heterocycles. The number of methoxy groups -OCH3 is 2. The Kier molecular flexibility index (Phi) is 17.8. The number of amides is 3. The van der Waals surface area contributed by atoms with E-state index in [1.165, 1.54) is 7.11 Å². The lowest BCUT2D eigenvalue weighted by Crippen LogP contribution is -2.75. The van der Waals surface area contributed by atoms with Gasteiger partial charge in [0.1, 0.15) is 24.1 Å². The van der Waals surface area contributed by atoms with Crippen molar-refractivity contribution in [2.75, 3.05) is 34.9 Å². The fourth-order valence-corrected chi connectivity index (χ4v) is 8.39. The van der Waals surface area contributed by atoms with E-state index in [0.717, 1.165) is 11.8 Å². The molecule has 0 radical (unpaired) electrons. The summed E-state index contributed by atoms with van der Waals surface area (Å²) in [6.07, 6.45) is 1.49. The van der Waals surface area contributed by atoms with Crippen molar-refractivity contribution in [3.05, 3.63) is 52.2 Å². The number of hydrogen-bond donors (Lipinski definition) is 4. The first-order valence-corrected chi connectivity index (χ1v) is 19.4. The maximum absolute atomic E-state index is 15.0. The molecule has 1 aromatic carbocycles. The van der Waals surface area contributed by atoms with E-state index in [1.807, 2.05) is 58.0 Å². The summed E-state index contributed by atoms with van der Waals surface area (Å²) in [5.74, 6) is -2.04. The van der Waals surface area contributed by atoms with Gasteiger partial charge in [-0.2, -0.15) is 5.21 Å². The summed E-state index contributed by atoms with van der Waals surface area (Å²) in [5, 5.41) is 27.4. The molecule has 1 fully saturated rings. The maximum atomic E-state index is 15.0. The summed E-state index contributed by atoms with van der Waals surface area (Å²) < 4.78 is 12.4. The van der Waals surface area contributed by atoms with E-state index in [9.17, 15) is 19.9 Å². The second-order valence-corrected chi connectivity index (χ2v) is 15.0. The summed E-state index contributed by atoms with van der Waals surface area (Å²) in [7, 11) is 6.37. The molecular weight excluding hydrogens is 720 g/mol. The summed E-state index contributed by atoms with van der Waals surface area (Å²) in [5.41, 5.74) is 9.10. The molecule has 1 aromatic heterocycles. The number of tetrazole rings is 1. The van der Waals surface area contributed by atoms with Crippen molar-refractivity contribution in [3.8, 4) is 0 Å². The molecule has 2 aromatic rings. The number of benzene rings is 1. The molecule has 0 spiro atoms. The van der Waals surface area contributed by atoms with Crippen LogP contribution in [0.25, 0.3) is 10.4 Å². The molecule has 0 aliphatic carbocycles. The van der Waals surface area contributed by atoms with Gasteiger partial charge in [-0.15, -0.1) is 10.2 Å². The Balaban J connectivity index is 2.11. The van der Waals surface area contributed by atoms with Crippen LogP contribution >= 0.6 is 0 Å². The number of aldehydes is 1. The van der Waals surface area contributed by atoms with E-state index in [1.54, 1.807) is 40.0 Å². The summed E-state index contributed by atoms with van der Waals surface area (Å²) in [6, 6.07) is 5.81. The van der Waals surface area contributed by atoms with Gasteiger partial charge in [0.05, 0.1) is 30.1 Å². The quantitative estimate of drug-likeness (QED) is 0.0554. The standard InChI is InChI=1S/C38H62N12O6/c1-11-24(4)38(30(55-9)19-21-51,49(8)37(54)32(26(6)43-46-39)42-36(53)31(40-7)23(2)3)50-20-15-18-29(50)33(56-10)25(5)35(52)41-28(34-44-47-48-45-34)22-27-16-13-12-14-17-27/h12-14,16-17,21,23-26,28-33,40H,11,15,18-20,22H2,1-10H3,(H,41,52)(H,42,53)(H,44,45,47,48)/t24-,25+,26-,28-,29-,30+,31-,32-,33+,38+/m0/s1. The molecule has 56 heavy (non-hydrogen) atoms. The highest BCUT2D eigenvalue weighted by Crippen LogP contribution is 2.43. The van der Waals surface area contributed by atoms with Gasteiger partial charge in [-0.25, -0.2) is 0 Å². The highest BCUT2D eigenvalue weighted by Gasteiger charge is 2.58. The molecule has 3 amide bonds. The topological polar surface area (TPSA) is 233 Å². The van der Waals surface area contributed by atoms with Crippen LogP contribution in [0.15, 0.2) is 35.4 Å². The SMILES string of the molecule is CC[C@H](C)[C@@]([C@@H](CC=O)OC)(N(C)C(=O)[C@@H](NC(=O)[C@@H](NC)C(C)C)[C@H](C)N=[N+]=[N-])N1CCC[C@H]1[C@H](OC)[C@@H](C)C(=O)N[C@@H](Cc1ccccc1)c1nn[nH]n1. The Bertz CT molecular complexity index is 1590. The second-order valence-electron chi connectivity index (χ2n) is 15.0. The van der Waals surface area contributed by atoms with Gasteiger partial charge in [-0.05, 0) is 49.2 Å². The lowest BCUT2D eigenvalue weighted by Gasteiger charge is -2.58. The molecule has 18 nitrogen and oxygen atoms in total. The number of likely N-dealkylation sites (N-methyl/N-ethyl adjacent to an activating group) is 2. The number of carbonyl (C=O) groups excluding carboxylic acids is 4. The third-order valence-electron chi connectivity index (χ3n) is 11.4. The van der Waals surface area contributed by atoms with Crippen molar-refractivity contribution in [1.29, 1.82) is 0 Å². The van der Waals surface area contributed by atoms with Crippen molar-refractivity contribution >= 4 is 24.0 Å². The van der Waals surface area contributed by atoms with Gasteiger partial charge in [-0.3, -0.25) is 19.3 Å². The zero-order valence-corrected chi connectivity index (χ0v) is 34.5. The predicted octanol–water partition coefficient (Wildman–Crippen LogP) is 2.95. The van der Waals surface area contributed by atoms with Gasteiger partial charge in [0.25, 0.3) is 0 Å². The van der Waals surface area contributed by atoms with Gasteiger partial charge in [-0.1, -0.05) is 82.2 Å². The Morgan fingerprint density at radius 3 is 2.34 bits per heavy atom. The zero-order chi connectivity index (χ0) is 41.6. The number of rotatable bonds is 23. The van der Waals surface area contributed by atoms with Crippen molar-refractivity contribution in [1.82, 2.24) is 46.4 Å². The largest absolute Gasteiger partial charge is 0.379 e. The molecule has 0 bridgehead atoms. The van der Waals surface area contributed by atoms with Crippen LogP contribution in [0.3, 0.4) is 0 Å². The highest BCUT2D eigenvalue weighted by molar-refractivity contribution is 5.91.